The van der Waals surface area contributed by atoms with E-state index >= 15 is 0 Å². The topological polar surface area (TPSA) is 58.6 Å². The minimum Gasteiger partial charge on any atom is -0.398 e. The van der Waals surface area contributed by atoms with Crippen LogP contribution in [0.4, 0.5) is 5.69 Å². The van der Waals surface area contributed by atoms with Gasteiger partial charge in [0.25, 0.3) is 0 Å². The van der Waals surface area contributed by atoms with Crippen molar-refractivity contribution in [3.05, 3.63) is 29.8 Å². The molecule has 0 fully saturated rings. The van der Waals surface area contributed by atoms with Crippen LogP contribution in [0, 0.1) is 0 Å². The van der Waals surface area contributed by atoms with Crippen molar-refractivity contribution >= 4 is 11.9 Å². The standard InChI is InChI=1S/C9H12N2O/c10-9-4-2-1-3-8(9)7-11-5-6-12/h1-4,7,12H,5-6,10H2. The summed E-state index contributed by atoms with van der Waals surface area (Å²) in [4.78, 5) is 3.97. The van der Waals surface area contributed by atoms with Crippen molar-refractivity contribution < 1.29 is 5.11 Å². The Morgan fingerprint density at radius 2 is 2.17 bits per heavy atom. The van der Waals surface area contributed by atoms with Gasteiger partial charge in [0.15, 0.2) is 0 Å². The molecule has 0 aliphatic heterocycles. The van der Waals surface area contributed by atoms with Crippen molar-refractivity contribution in [2.75, 3.05) is 18.9 Å². The van der Waals surface area contributed by atoms with Crippen molar-refractivity contribution in [1.82, 2.24) is 0 Å². The molecule has 3 N–H and O–H groups in total. The normalized spacial score (nSPS) is 10.8. The van der Waals surface area contributed by atoms with Gasteiger partial charge in [-0.1, -0.05) is 18.2 Å². The monoisotopic (exact) mass is 164 g/mol. The molecule has 3 heteroatoms. The first kappa shape index (κ1) is 8.74. The predicted octanol–water partition coefficient (Wildman–Crippen LogP) is 0.680. The van der Waals surface area contributed by atoms with Gasteiger partial charge < -0.3 is 10.8 Å². The second kappa shape index (κ2) is 4.51. The fraction of sp³-hybridized carbons (Fsp3) is 0.222. The van der Waals surface area contributed by atoms with Gasteiger partial charge in [-0.2, -0.15) is 0 Å². The third-order valence-corrected chi connectivity index (χ3v) is 1.46. The summed E-state index contributed by atoms with van der Waals surface area (Å²) in [6.45, 7) is 0.498. The van der Waals surface area contributed by atoms with Crippen LogP contribution in [0.1, 0.15) is 5.56 Å². The second-order valence-corrected chi connectivity index (χ2v) is 2.39. The molecule has 0 unspecified atom stereocenters. The van der Waals surface area contributed by atoms with E-state index in [0.29, 0.717) is 12.2 Å². The number of nitrogen functional groups attached to an aromatic ring is 1. The molecular formula is C9H12N2O. The van der Waals surface area contributed by atoms with E-state index in [2.05, 4.69) is 4.99 Å². The zero-order valence-electron chi connectivity index (χ0n) is 6.77. The summed E-state index contributed by atoms with van der Waals surface area (Å²) in [6, 6.07) is 7.48. The van der Waals surface area contributed by atoms with Gasteiger partial charge in [-0.15, -0.1) is 0 Å². The summed E-state index contributed by atoms with van der Waals surface area (Å²) in [5.41, 5.74) is 7.25. The first-order chi connectivity index (χ1) is 5.84. The van der Waals surface area contributed by atoms with Gasteiger partial charge in [0.05, 0.1) is 13.2 Å². The van der Waals surface area contributed by atoms with E-state index in [1.807, 2.05) is 24.3 Å². The van der Waals surface area contributed by atoms with E-state index in [1.165, 1.54) is 0 Å². The maximum Gasteiger partial charge on any atom is 0.0626 e. The second-order valence-electron chi connectivity index (χ2n) is 2.39. The maximum atomic E-state index is 8.47. The lowest BCUT2D eigenvalue weighted by Gasteiger charge is -1.96. The highest BCUT2D eigenvalue weighted by molar-refractivity contribution is 5.86. The van der Waals surface area contributed by atoms with Crippen LogP contribution in [0.2, 0.25) is 0 Å². The minimum absolute atomic E-state index is 0.0727. The molecule has 1 rings (SSSR count). The Morgan fingerprint density at radius 3 is 2.83 bits per heavy atom. The highest BCUT2D eigenvalue weighted by atomic mass is 16.3. The fourth-order valence-corrected chi connectivity index (χ4v) is 0.849. The third kappa shape index (κ3) is 2.36. The molecule has 0 aliphatic rings. The Balaban J connectivity index is 2.68. The molecule has 3 nitrogen and oxygen atoms in total. The summed E-state index contributed by atoms with van der Waals surface area (Å²) in [6.07, 6.45) is 1.67. The Kier molecular flexibility index (Phi) is 3.29. The number of hydrogen-bond acceptors (Lipinski definition) is 3. The van der Waals surface area contributed by atoms with Gasteiger partial charge in [0.1, 0.15) is 0 Å². The largest absolute Gasteiger partial charge is 0.398 e. The molecule has 0 saturated heterocycles. The third-order valence-electron chi connectivity index (χ3n) is 1.46. The number of nitrogens with two attached hydrogens (primary N) is 1. The molecular weight excluding hydrogens is 152 g/mol. The van der Waals surface area contributed by atoms with Gasteiger partial charge in [0.2, 0.25) is 0 Å². The summed E-state index contributed by atoms with van der Waals surface area (Å²) in [7, 11) is 0. The van der Waals surface area contributed by atoms with Crippen molar-refractivity contribution in [3.63, 3.8) is 0 Å². The van der Waals surface area contributed by atoms with Gasteiger partial charge in [-0.3, -0.25) is 4.99 Å². The van der Waals surface area contributed by atoms with Gasteiger partial charge in [0, 0.05) is 17.5 Å². The van der Waals surface area contributed by atoms with E-state index in [9.17, 15) is 0 Å². The smallest absolute Gasteiger partial charge is 0.0626 e. The molecule has 0 heterocycles. The number of rotatable bonds is 3. The molecule has 0 aliphatic carbocycles. The predicted molar refractivity (Wildman–Crippen MR) is 50.4 cm³/mol. The van der Waals surface area contributed by atoms with Crippen LogP contribution in [-0.2, 0) is 0 Å². The summed E-state index contributed by atoms with van der Waals surface area (Å²) in [5.74, 6) is 0. The van der Waals surface area contributed by atoms with Gasteiger partial charge in [-0.05, 0) is 6.07 Å². The molecule has 0 spiro atoms. The molecule has 0 atom stereocenters. The summed E-state index contributed by atoms with van der Waals surface area (Å²) >= 11 is 0. The van der Waals surface area contributed by atoms with Crippen LogP contribution < -0.4 is 5.73 Å². The van der Waals surface area contributed by atoms with Gasteiger partial charge >= 0.3 is 0 Å². The van der Waals surface area contributed by atoms with Gasteiger partial charge in [-0.25, -0.2) is 0 Å². The highest BCUT2D eigenvalue weighted by Crippen LogP contribution is 2.06. The van der Waals surface area contributed by atoms with Crippen LogP contribution in [0.5, 0.6) is 0 Å². The van der Waals surface area contributed by atoms with E-state index in [1.54, 1.807) is 6.21 Å². The highest BCUT2D eigenvalue weighted by Gasteiger charge is 1.90. The number of hydrogen-bond donors (Lipinski definition) is 2. The first-order valence-corrected chi connectivity index (χ1v) is 3.80. The number of aliphatic hydroxyl groups excluding tert-OH is 1. The average molecular weight is 164 g/mol. The van der Waals surface area contributed by atoms with Crippen molar-refractivity contribution in [2.45, 2.75) is 0 Å². The molecule has 1 aromatic rings. The Labute approximate surface area is 71.6 Å². The Morgan fingerprint density at radius 1 is 1.42 bits per heavy atom. The molecule has 0 radical (unpaired) electrons. The van der Waals surface area contributed by atoms with E-state index < -0.39 is 0 Å². The number of aliphatic imine (C=N–C) groups is 1. The van der Waals surface area contributed by atoms with Crippen LogP contribution in [0.3, 0.4) is 0 Å². The molecule has 0 bridgehead atoms. The molecule has 0 aromatic heterocycles. The van der Waals surface area contributed by atoms with Crippen molar-refractivity contribution in [3.8, 4) is 0 Å². The van der Waals surface area contributed by atoms with Crippen LogP contribution in [0.25, 0.3) is 0 Å². The zero-order chi connectivity index (χ0) is 8.81. The summed E-state index contributed by atoms with van der Waals surface area (Å²) in [5, 5.41) is 8.47. The lowest BCUT2D eigenvalue weighted by molar-refractivity contribution is 0.307. The van der Waals surface area contributed by atoms with Crippen LogP contribution >= 0.6 is 0 Å². The lowest BCUT2D eigenvalue weighted by Crippen LogP contribution is -1.94. The van der Waals surface area contributed by atoms with E-state index in [-0.39, 0.29) is 6.61 Å². The molecule has 0 amide bonds. The zero-order valence-corrected chi connectivity index (χ0v) is 6.77. The number of benzene rings is 1. The SMILES string of the molecule is Nc1ccccc1C=NCCO. The summed E-state index contributed by atoms with van der Waals surface area (Å²) < 4.78 is 0. The van der Waals surface area contributed by atoms with Crippen molar-refractivity contribution in [2.24, 2.45) is 4.99 Å². The van der Waals surface area contributed by atoms with Crippen molar-refractivity contribution in [1.29, 1.82) is 0 Å². The van der Waals surface area contributed by atoms with E-state index in [0.717, 1.165) is 5.56 Å². The molecule has 0 saturated carbocycles. The molecule has 1 aromatic carbocycles. The maximum absolute atomic E-state index is 8.47. The number of aliphatic hydroxyl groups is 1. The van der Waals surface area contributed by atoms with Crippen LogP contribution in [0.15, 0.2) is 29.3 Å². The Hall–Kier alpha value is -1.35. The minimum atomic E-state index is 0.0727. The molecule has 64 valence electrons. The quantitative estimate of drug-likeness (QED) is 0.510. The Bertz CT molecular complexity index is 271. The number of nitrogens with zero attached hydrogens (tertiary/aromatic N) is 1. The molecule has 12 heavy (non-hydrogen) atoms. The number of para-hydroxylation sites is 1. The fourth-order valence-electron chi connectivity index (χ4n) is 0.849. The lowest BCUT2D eigenvalue weighted by atomic mass is 10.2. The first-order valence-electron chi connectivity index (χ1n) is 3.80. The van der Waals surface area contributed by atoms with E-state index in [4.69, 9.17) is 10.8 Å². The average Bonchev–Trinajstić information content (AvgIpc) is 2.09. The van der Waals surface area contributed by atoms with Crippen LogP contribution in [-0.4, -0.2) is 24.5 Å². The number of anilines is 1.